The molecule has 0 spiro atoms. The molecule has 3 nitrogen and oxygen atoms in total. The summed E-state index contributed by atoms with van der Waals surface area (Å²) >= 11 is 5.72. The molecule has 2 unspecified atom stereocenters. The normalized spacial score (nSPS) is 24.6. The van der Waals surface area contributed by atoms with Gasteiger partial charge in [-0.15, -0.1) is 11.6 Å². The topological polar surface area (TPSA) is 38.3 Å². The molecular weight excluding hydrogens is 238 g/mol. The molecule has 1 saturated carbocycles. The number of carbonyl (C=O) groups excluding carboxylic acids is 1. The van der Waals surface area contributed by atoms with Crippen molar-refractivity contribution in [2.45, 2.75) is 45.6 Å². The molecule has 1 fully saturated rings. The number of amides is 1. The van der Waals surface area contributed by atoms with Crippen LogP contribution in [-0.2, 0) is 9.53 Å². The first-order valence-corrected chi connectivity index (χ1v) is 6.90. The van der Waals surface area contributed by atoms with E-state index in [9.17, 15) is 4.79 Å². The first-order chi connectivity index (χ1) is 8.01. The number of carbonyl (C=O) groups is 1. The molecule has 0 radical (unpaired) electrons. The minimum absolute atomic E-state index is 0.0430. The summed E-state index contributed by atoms with van der Waals surface area (Å²) in [6.07, 6.45) is 4.04. The van der Waals surface area contributed by atoms with Gasteiger partial charge in [-0.25, -0.2) is 0 Å². The molecule has 1 aliphatic carbocycles. The number of halogens is 1. The lowest BCUT2D eigenvalue weighted by Gasteiger charge is -2.28. The minimum atomic E-state index is 0.0430. The van der Waals surface area contributed by atoms with Crippen LogP contribution < -0.4 is 5.32 Å². The SMILES string of the molecule is COCC(CCCl)NC(=O)C1CCCC1(C)C. The summed E-state index contributed by atoms with van der Waals surface area (Å²) in [7, 11) is 1.65. The minimum Gasteiger partial charge on any atom is -0.383 e. The van der Waals surface area contributed by atoms with Crippen LogP contribution in [0.1, 0.15) is 39.5 Å². The van der Waals surface area contributed by atoms with Crippen molar-refractivity contribution in [1.82, 2.24) is 5.32 Å². The van der Waals surface area contributed by atoms with E-state index >= 15 is 0 Å². The number of rotatable bonds is 6. The standard InChI is InChI=1S/C13H24ClNO2/c1-13(2)7-4-5-11(13)12(16)15-10(6-8-14)9-17-3/h10-11H,4-9H2,1-3H3,(H,15,16). The van der Waals surface area contributed by atoms with Gasteiger partial charge in [0.05, 0.1) is 12.6 Å². The Balaban J connectivity index is 2.51. The Labute approximate surface area is 109 Å². The highest BCUT2D eigenvalue weighted by Crippen LogP contribution is 2.42. The van der Waals surface area contributed by atoms with Gasteiger partial charge in [-0.3, -0.25) is 4.79 Å². The summed E-state index contributed by atoms with van der Waals surface area (Å²) in [6.45, 7) is 4.89. The second kappa shape index (κ2) is 6.60. The Morgan fingerprint density at radius 2 is 2.29 bits per heavy atom. The summed E-state index contributed by atoms with van der Waals surface area (Å²) in [6, 6.07) is 0.0430. The second-order valence-electron chi connectivity index (χ2n) is 5.57. The number of hydrogen-bond acceptors (Lipinski definition) is 2. The number of nitrogens with one attached hydrogen (secondary N) is 1. The predicted octanol–water partition coefficient (Wildman–Crippen LogP) is 2.57. The fourth-order valence-electron chi connectivity index (χ4n) is 2.64. The van der Waals surface area contributed by atoms with Gasteiger partial charge in [0.2, 0.25) is 5.91 Å². The second-order valence-corrected chi connectivity index (χ2v) is 5.95. The largest absolute Gasteiger partial charge is 0.383 e. The molecule has 1 rings (SSSR count). The fourth-order valence-corrected chi connectivity index (χ4v) is 2.91. The van der Waals surface area contributed by atoms with Gasteiger partial charge in [0.1, 0.15) is 0 Å². The molecule has 1 aliphatic rings. The van der Waals surface area contributed by atoms with E-state index in [4.69, 9.17) is 16.3 Å². The average molecular weight is 262 g/mol. The zero-order valence-corrected chi connectivity index (χ0v) is 11.8. The van der Waals surface area contributed by atoms with Crippen LogP contribution in [0.4, 0.5) is 0 Å². The van der Waals surface area contributed by atoms with Gasteiger partial charge >= 0.3 is 0 Å². The zero-order valence-electron chi connectivity index (χ0n) is 11.1. The third kappa shape index (κ3) is 4.14. The van der Waals surface area contributed by atoms with Crippen molar-refractivity contribution in [3.05, 3.63) is 0 Å². The Kier molecular flexibility index (Phi) is 5.74. The molecule has 2 atom stereocenters. The number of hydrogen-bond donors (Lipinski definition) is 1. The number of alkyl halides is 1. The first-order valence-electron chi connectivity index (χ1n) is 6.36. The van der Waals surface area contributed by atoms with Crippen molar-refractivity contribution >= 4 is 17.5 Å². The van der Waals surface area contributed by atoms with Crippen LogP contribution in [0, 0.1) is 11.3 Å². The maximum absolute atomic E-state index is 12.2. The van der Waals surface area contributed by atoms with Crippen molar-refractivity contribution in [3.63, 3.8) is 0 Å². The van der Waals surface area contributed by atoms with Crippen LogP contribution in [0.15, 0.2) is 0 Å². The maximum atomic E-state index is 12.2. The highest BCUT2D eigenvalue weighted by Gasteiger charge is 2.39. The molecule has 100 valence electrons. The molecule has 1 amide bonds. The summed E-state index contributed by atoms with van der Waals surface area (Å²) in [5.41, 5.74) is 0.128. The fraction of sp³-hybridized carbons (Fsp3) is 0.923. The Bertz CT molecular complexity index is 250. The number of ether oxygens (including phenoxy) is 1. The third-order valence-corrected chi connectivity index (χ3v) is 3.96. The van der Waals surface area contributed by atoms with Gasteiger partial charge in [-0.1, -0.05) is 20.3 Å². The van der Waals surface area contributed by atoms with E-state index < -0.39 is 0 Å². The van der Waals surface area contributed by atoms with Gasteiger partial charge < -0.3 is 10.1 Å². The first kappa shape index (κ1) is 14.8. The molecule has 0 aromatic rings. The molecular formula is C13H24ClNO2. The summed E-state index contributed by atoms with van der Waals surface area (Å²) in [5.74, 6) is 0.847. The van der Waals surface area contributed by atoms with E-state index in [-0.39, 0.29) is 23.3 Å². The summed E-state index contributed by atoms with van der Waals surface area (Å²) < 4.78 is 5.10. The van der Waals surface area contributed by atoms with Gasteiger partial charge in [-0.05, 0) is 24.7 Å². The van der Waals surface area contributed by atoms with E-state index in [0.29, 0.717) is 12.5 Å². The summed E-state index contributed by atoms with van der Waals surface area (Å²) in [4.78, 5) is 12.2. The molecule has 0 aliphatic heterocycles. The lowest BCUT2D eigenvalue weighted by atomic mass is 9.81. The maximum Gasteiger partial charge on any atom is 0.223 e. The van der Waals surface area contributed by atoms with Crippen LogP contribution in [0.5, 0.6) is 0 Å². The molecule has 1 N–H and O–H groups in total. The van der Waals surface area contributed by atoms with E-state index in [1.165, 1.54) is 0 Å². The smallest absolute Gasteiger partial charge is 0.223 e. The van der Waals surface area contributed by atoms with E-state index in [1.807, 2.05) is 0 Å². The third-order valence-electron chi connectivity index (χ3n) is 3.75. The van der Waals surface area contributed by atoms with Gasteiger partial charge in [0.25, 0.3) is 0 Å². The quantitative estimate of drug-likeness (QED) is 0.747. The molecule has 0 heterocycles. The summed E-state index contributed by atoms with van der Waals surface area (Å²) in [5, 5.41) is 3.07. The van der Waals surface area contributed by atoms with Crippen molar-refractivity contribution in [3.8, 4) is 0 Å². The highest BCUT2D eigenvalue weighted by atomic mass is 35.5. The van der Waals surface area contributed by atoms with Crippen LogP contribution >= 0.6 is 11.6 Å². The molecule has 17 heavy (non-hydrogen) atoms. The van der Waals surface area contributed by atoms with Crippen molar-refractivity contribution in [1.29, 1.82) is 0 Å². The van der Waals surface area contributed by atoms with Crippen LogP contribution in [0.25, 0.3) is 0 Å². The van der Waals surface area contributed by atoms with Crippen LogP contribution in [0.3, 0.4) is 0 Å². The Hall–Kier alpha value is -0.280. The highest BCUT2D eigenvalue weighted by molar-refractivity contribution is 6.17. The van der Waals surface area contributed by atoms with E-state index in [0.717, 1.165) is 25.7 Å². The zero-order chi connectivity index (χ0) is 12.9. The molecule has 4 heteroatoms. The lowest BCUT2D eigenvalue weighted by molar-refractivity contribution is -0.128. The van der Waals surface area contributed by atoms with Crippen LogP contribution in [-0.4, -0.2) is 31.5 Å². The monoisotopic (exact) mass is 261 g/mol. The van der Waals surface area contributed by atoms with Crippen molar-refractivity contribution in [2.75, 3.05) is 19.6 Å². The Morgan fingerprint density at radius 3 is 2.76 bits per heavy atom. The van der Waals surface area contributed by atoms with E-state index in [1.54, 1.807) is 7.11 Å². The van der Waals surface area contributed by atoms with Crippen molar-refractivity contribution < 1.29 is 9.53 Å². The lowest BCUT2D eigenvalue weighted by Crippen LogP contribution is -2.44. The van der Waals surface area contributed by atoms with Gasteiger partial charge in [0.15, 0.2) is 0 Å². The number of methoxy groups -OCH3 is 1. The predicted molar refractivity (Wildman–Crippen MR) is 70.3 cm³/mol. The Morgan fingerprint density at radius 1 is 1.59 bits per heavy atom. The molecule has 0 bridgehead atoms. The molecule has 0 saturated heterocycles. The van der Waals surface area contributed by atoms with Crippen molar-refractivity contribution in [2.24, 2.45) is 11.3 Å². The van der Waals surface area contributed by atoms with Crippen LogP contribution in [0.2, 0.25) is 0 Å². The van der Waals surface area contributed by atoms with E-state index in [2.05, 4.69) is 19.2 Å². The van der Waals surface area contributed by atoms with Gasteiger partial charge in [0, 0.05) is 18.9 Å². The molecule has 0 aromatic carbocycles. The molecule has 0 aromatic heterocycles. The van der Waals surface area contributed by atoms with Gasteiger partial charge in [-0.2, -0.15) is 0 Å². The average Bonchev–Trinajstić information content (AvgIpc) is 2.58.